The molecule has 1 heterocycles. The molecular formula is C20H19ClO. The van der Waals surface area contributed by atoms with E-state index in [1.54, 1.807) is 0 Å². The minimum atomic E-state index is 0.163. The van der Waals surface area contributed by atoms with Gasteiger partial charge in [-0.15, -0.1) is 0 Å². The van der Waals surface area contributed by atoms with Crippen LogP contribution in [-0.2, 0) is 5.41 Å². The van der Waals surface area contributed by atoms with Crippen molar-refractivity contribution in [1.29, 1.82) is 0 Å². The van der Waals surface area contributed by atoms with Gasteiger partial charge in [0, 0.05) is 16.1 Å². The van der Waals surface area contributed by atoms with Crippen LogP contribution in [0.4, 0.5) is 0 Å². The van der Waals surface area contributed by atoms with Gasteiger partial charge in [0.25, 0.3) is 0 Å². The van der Waals surface area contributed by atoms with E-state index in [0.717, 1.165) is 27.7 Å². The normalized spacial score (nSPS) is 11.6. The zero-order valence-corrected chi connectivity index (χ0v) is 13.8. The average molecular weight is 311 g/mol. The molecule has 2 heteroatoms. The number of hydrogen-bond donors (Lipinski definition) is 0. The highest BCUT2D eigenvalue weighted by Crippen LogP contribution is 2.30. The Labute approximate surface area is 136 Å². The summed E-state index contributed by atoms with van der Waals surface area (Å²) in [6.07, 6.45) is 0. The molecule has 3 rings (SSSR count). The van der Waals surface area contributed by atoms with Crippen LogP contribution in [0.25, 0.3) is 22.6 Å². The predicted molar refractivity (Wildman–Crippen MR) is 93.3 cm³/mol. The van der Waals surface area contributed by atoms with E-state index in [9.17, 15) is 0 Å². The summed E-state index contributed by atoms with van der Waals surface area (Å²) in [4.78, 5) is 0. The summed E-state index contributed by atoms with van der Waals surface area (Å²) < 4.78 is 5.98. The Kier molecular flexibility index (Phi) is 3.84. The van der Waals surface area contributed by atoms with E-state index in [1.807, 2.05) is 36.4 Å². The summed E-state index contributed by atoms with van der Waals surface area (Å²) in [5.74, 6) is 1.73. The maximum atomic E-state index is 5.98. The molecule has 0 atom stereocenters. The Bertz CT molecular complexity index is 759. The summed E-state index contributed by atoms with van der Waals surface area (Å²) in [6.45, 7) is 6.65. The van der Waals surface area contributed by atoms with Gasteiger partial charge in [-0.1, -0.05) is 56.6 Å². The van der Waals surface area contributed by atoms with Crippen LogP contribution in [0.3, 0.4) is 0 Å². The van der Waals surface area contributed by atoms with Gasteiger partial charge in [-0.3, -0.25) is 0 Å². The van der Waals surface area contributed by atoms with Crippen molar-refractivity contribution in [3.63, 3.8) is 0 Å². The molecule has 0 amide bonds. The zero-order valence-electron chi connectivity index (χ0n) is 13.1. The summed E-state index contributed by atoms with van der Waals surface area (Å²) in [7, 11) is 0. The zero-order chi connectivity index (χ0) is 15.7. The van der Waals surface area contributed by atoms with Crippen molar-refractivity contribution in [2.45, 2.75) is 26.2 Å². The molecule has 0 saturated carbocycles. The highest BCUT2D eigenvalue weighted by atomic mass is 35.5. The smallest absolute Gasteiger partial charge is 0.134 e. The molecule has 0 fully saturated rings. The number of rotatable bonds is 2. The molecule has 1 aromatic heterocycles. The highest BCUT2D eigenvalue weighted by Gasteiger charge is 2.14. The first-order valence-electron chi connectivity index (χ1n) is 7.40. The lowest BCUT2D eigenvalue weighted by Gasteiger charge is -2.18. The quantitative estimate of drug-likeness (QED) is 0.522. The molecule has 0 spiro atoms. The van der Waals surface area contributed by atoms with Gasteiger partial charge in [0.2, 0.25) is 0 Å². The van der Waals surface area contributed by atoms with Gasteiger partial charge in [-0.2, -0.15) is 0 Å². The number of hydrogen-bond acceptors (Lipinski definition) is 1. The lowest BCUT2D eigenvalue weighted by Crippen LogP contribution is -2.10. The van der Waals surface area contributed by atoms with Crippen molar-refractivity contribution < 1.29 is 4.42 Å². The lowest BCUT2D eigenvalue weighted by molar-refractivity contribution is 0.588. The minimum Gasteiger partial charge on any atom is -0.456 e. The molecule has 0 bridgehead atoms. The number of furan rings is 1. The molecule has 2 aromatic carbocycles. The van der Waals surface area contributed by atoms with Crippen LogP contribution in [0.1, 0.15) is 26.3 Å². The van der Waals surface area contributed by atoms with Gasteiger partial charge < -0.3 is 4.42 Å². The summed E-state index contributed by atoms with van der Waals surface area (Å²) in [5.41, 5.74) is 3.60. The molecule has 0 aliphatic carbocycles. The molecule has 112 valence electrons. The summed E-state index contributed by atoms with van der Waals surface area (Å²) in [6, 6.07) is 20.2. The molecule has 1 nitrogen and oxygen atoms in total. The second-order valence-electron chi connectivity index (χ2n) is 6.50. The number of benzene rings is 2. The van der Waals surface area contributed by atoms with Crippen molar-refractivity contribution in [2.75, 3.05) is 0 Å². The summed E-state index contributed by atoms with van der Waals surface area (Å²) >= 11 is 5.92. The average Bonchev–Trinajstić information content (AvgIpc) is 2.97. The van der Waals surface area contributed by atoms with Crippen molar-refractivity contribution >= 4 is 11.6 Å². The topological polar surface area (TPSA) is 13.1 Å². The SMILES string of the molecule is CC(C)(C)c1ccc(-c2ccc(-c3ccc(Cl)cc3)o2)cc1. The minimum absolute atomic E-state index is 0.163. The molecule has 0 aliphatic heterocycles. The molecule has 22 heavy (non-hydrogen) atoms. The van der Waals surface area contributed by atoms with Crippen LogP contribution in [0, 0.1) is 0 Å². The largest absolute Gasteiger partial charge is 0.456 e. The van der Waals surface area contributed by atoms with E-state index in [-0.39, 0.29) is 5.41 Å². The first-order valence-corrected chi connectivity index (χ1v) is 7.78. The maximum absolute atomic E-state index is 5.98. The van der Waals surface area contributed by atoms with Gasteiger partial charge in [0.1, 0.15) is 11.5 Å². The van der Waals surface area contributed by atoms with Crippen molar-refractivity contribution in [3.8, 4) is 22.6 Å². The third-order valence-electron chi connectivity index (χ3n) is 3.77. The fourth-order valence-corrected chi connectivity index (χ4v) is 2.52. The van der Waals surface area contributed by atoms with Crippen LogP contribution in [0.5, 0.6) is 0 Å². The lowest BCUT2D eigenvalue weighted by atomic mass is 9.86. The molecule has 0 radical (unpaired) electrons. The molecule has 0 aliphatic rings. The third kappa shape index (κ3) is 3.10. The maximum Gasteiger partial charge on any atom is 0.134 e. The van der Waals surface area contributed by atoms with Crippen LogP contribution < -0.4 is 0 Å². The third-order valence-corrected chi connectivity index (χ3v) is 4.02. The van der Waals surface area contributed by atoms with E-state index < -0.39 is 0 Å². The Morgan fingerprint density at radius 2 is 1.14 bits per heavy atom. The molecular weight excluding hydrogens is 292 g/mol. The predicted octanol–water partition coefficient (Wildman–Crippen LogP) is 6.56. The fourth-order valence-electron chi connectivity index (χ4n) is 2.40. The monoisotopic (exact) mass is 310 g/mol. The van der Waals surface area contributed by atoms with Crippen LogP contribution in [-0.4, -0.2) is 0 Å². The highest BCUT2D eigenvalue weighted by molar-refractivity contribution is 6.30. The van der Waals surface area contributed by atoms with E-state index in [4.69, 9.17) is 16.0 Å². The standard InChI is InChI=1S/C20H19ClO/c1-20(2,3)16-8-4-14(5-9-16)18-12-13-19(22-18)15-6-10-17(21)11-7-15/h4-13H,1-3H3. The van der Waals surface area contributed by atoms with Gasteiger partial charge in [-0.05, 0) is 47.4 Å². The molecule has 0 saturated heterocycles. The van der Waals surface area contributed by atoms with E-state index in [0.29, 0.717) is 0 Å². The van der Waals surface area contributed by atoms with Gasteiger partial charge in [0.05, 0.1) is 0 Å². The first kappa shape index (κ1) is 14.9. The number of halogens is 1. The van der Waals surface area contributed by atoms with E-state index in [2.05, 4.69) is 45.0 Å². The second kappa shape index (κ2) is 5.66. The van der Waals surface area contributed by atoms with Gasteiger partial charge in [0.15, 0.2) is 0 Å². The second-order valence-corrected chi connectivity index (χ2v) is 6.93. The Morgan fingerprint density at radius 3 is 1.59 bits per heavy atom. The van der Waals surface area contributed by atoms with Crippen molar-refractivity contribution in [2.24, 2.45) is 0 Å². The molecule has 0 N–H and O–H groups in total. The fraction of sp³-hybridized carbons (Fsp3) is 0.200. The van der Waals surface area contributed by atoms with E-state index >= 15 is 0 Å². The molecule has 0 unspecified atom stereocenters. The van der Waals surface area contributed by atoms with Crippen LogP contribution >= 0.6 is 11.6 Å². The van der Waals surface area contributed by atoms with Gasteiger partial charge >= 0.3 is 0 Å². The summed E-state index contributed by atoms with van der Waals surface area (Å²) in [5, 5.41) is 0.730. The van der Waals surface area contributed by atoms with Crippen molar-refractivity contribution in [3.05, 3.63) is 71.2 Å². The molecule has 3 aromatic rings. The Balaban J connectivity index is 1.89. The Hall–Kier alpha value is -1.99. The van der Waals surface area contributed by atoms with Crippen LogP contribution in [0.15, 0.2) is 65.1 Å². The Morgan fingerprint density at radius 1 is 0.682 bits per heavy atom. The van der Waals surface area contributed by atoms with Crippen molar-refractivity contribution in [1.82, 2.24) is 0 Å². The van der Waals surface area contributed by atoms with Crippen LogP contribution in [0.2, 0.25) is 5.02 Å². The van der Waals surface area contributed by atoms with E-state index in [1.165, 1.54) is 5.56 Å². The first-order chi connectivity index (χ1) is 10.4. The van der Waals surface area contributed by atoms with Gasteiger partial charge in [-0.25, -0.2) is 0 Å².